The topological polar surface area (TPSA) is 69.4 Å². The lowest BCUT2D eigenvalue weighted by atomic mass is 9.80. The molecule has 0 bridgehead atoms. The van der Waals surface area contributed by atoms with Gasteiger partial charge in [-0.1, -0.05) is 55.0 Å². The fourth-order valence-electron chi connectivity index (χ4n) is 4.12. The van der Waals surface area contributed by atoms with Crippen molar-refractivity contribution in [2.24, 2.45) is 0 Å². The van der Waals surface area contributed by atoms with Gasteiger partial charge < -0.3 is 4.74 Å². The van der Waals surface area contributed by atoms with Crippen molar-refractivity contribution in [2.75, 3.05) is 0 Å². The summed E-state index contributed by atoms with van der Waals surface area (Å²) < 4.78 is 5.87. The molecule has 5 heteroatoms. The van der Waals surface area contributed by atoms with Crippen LogP contribution in [0.15, 0.2) is 66.7 Å². The highest BCUT2D eigenvalue weighted by atomic mass is 16.6. The summed E-state index contributed by atoms with van der Waals surface area (Å²) in [4.78, 5) is 23.2. The number of rotatable bonds is 4. The SMILES string of the molecule is O=C(O[C@H]1CCCC[C@H]1c1cccc2ccccc12)c1cccc([N+](=O)[O-])c1. The van der Waals surface area contributed by atoms with E-state index in [1.807, 2.05) is 18.2 Å². The van der Waals surface area contributed by atoms with Crippen LogP contribution in [0.5, 0.6) is 0 Å². The maximum Gasteiger partial charge on any atom is 0.338 e. The summed E-state index contributed by atoms with van der Waals surface area (Å²) in [5.74, 6) is -0.372. The number of nitrogens with zero attached hydrogens (tertiary/aromatic N) is 1. The Bertz CT molecular complexity index is 1020. The van der Waals surface area contributed by atoms with E-state index in [9.17, 15) is 14.9 Å². The summed E-state index contributed by atoms with van der Waals surface area (Å²) >= 11 is 0. The van der Waals surface area contributed by atoms with Crippen LogP contribution in [0.25, 0.3) is 10.8 Å². The minimum Gasteiger partial charge on any atom is -0.458 e. The maximum atomic E-state index is 12.7. The number of esters is 1. The Balaban J connectivity index is 1.62. The van der Waals surface area contributed by atoms with Crippen LogP contribution in [0.1, 0.15) is 47.5 Å². The minimum atomic E-state index is -0.504. The van der Waals surface area contributed by atoms with Crippen LogP contribution in [0, 0.1) is 10.1 Å². The highest BCUT2D eigenvalue weighted by Gasteiger charge is 2.31. The second-order valence-corrected chi connectivity index (χ2v) is 7.21. The molecular formula is C23H21NO4. The van der Waals surface area contributed by atoms with Gasteiger partial charge in [-0.2, -0.15) is 0 Å². The average molecular weight is 375 g/mol. The summed E-state index contributed by atoms with van der Waals surface area (Å²) in [6, 6.07) is 20.2. The Hall–Kier alpha value is -3.21. The van der Waals surface area contributed by atoms with E-state index in [0.29, 0.717) is 0 Å². The highest BCUT2D eigenvalue weighted by Crippen LogP contribution is 2.38. The van der Waals surface area contributed by atoms with Crippen LogP contribution in [0.2, 0.25) is 0 Å². The Morgan fingerprint density at radius 2 is 1.71 bits per heavy atom. The average Bonchev–Trinajstić information content (AvgIpc) is 2.74. The number of benzene rings is 3. The number of fused-ring (bicyclic) bond motifs is 1. The van der Waals surface area contributed by atoms with Crippen molar-refractivity contribution in [3.05, 3.63) is 88.0 Å². The molecule has 5 nitrogen and oxygen atoms in total. The zero-order chi connectivity index (χ0) is 19.5. The molecule has 0 heterocycles. The molecule has 0 radical (unpaired) electrons. The molecule has 1 aliphatic rings. The quantitative estimate of drug-likeness (QED) is 0.336. The number of non-ortho nitro benzene ring substituents is 1. The number of nitro benzene ring substituents is 1. The zero-order valence-corrected chi connectivity index (χ0v) is 15.4. The first-order valence-corrected chi connectivity index (χ1v) is 9.56. The van der Waals surface area contributed by atoms with Crippen molar-refractivity contribution in [1.29, 1.82) is 0 Å². The zero-order valence-electron chi connectivity index (χ0n) is 15.4. The van der Waals surface area contributed by atoms with Gasteiger partial charge in [0, 0.05) is 18.1 Å². The van der Waals surface area contributed by atoms with Crippen LogP contribution in [0.4, 0.5) is 5.69 Å². The molecule has 0 spiro atoms. The van der Waals surface area contributed by atoms with Gasteiger partial charge in [0.2, 0.25) is 0 Å². The lowest BCUT2D eigenvalue weighted by Crippen LogP contribution is -2.29. The smallest absolute Gasteiger partial charge is 0.338 e. The van der Waals surface area contributed by atoms with Gasteiger partial charge in [-0.05, 0) is 41.7 Å². The van der Waals surface area contributed by atoms with Gasteiger partial charge in [-0.15, -0.1) is 0 Å². The Kier molecular flexibility index (Phi) is 5.06. The molecule has 3 aromatic rings. The van der Waals surface area contributed by atoms with E-state index < -0.39 is 10.9 Å². The largest absolute Gasteiger partial charge is 0.458 e. The van der Waals surface area contributed by atoms with E-state index in [4.69, 9.17) is 4.74 Å². The van der Waals surface area contributed by atoms with Crippen molar-refractivity contribution < 1.29 is 14.5 Å². The van der Waals surface area contributed by atoms with Gasteiger partial charge in [0.25, 0.3) is 5.69 Å². The molecule has 0 unspecified atom stereocenters. The molecular weight excluding hydrogens is 354 g/mol. The molecule has 1 fully saturated rings. The van der Waals surface area contributed by atoms with E-state index in [1.165, 1.54) is 34.5 Å². The second kappa shape index (κ2) is 7.80. The van der Waals surface area contributed by atoms with Crippen molar-refractivity contribution >= 4 is 22.4 Å². The first kappa shape index (κ1) is 18.2. The summed E-state index contributed by atoms with van der Waals surface area (Å²) in [6.45, 7) is 0. The molecule has 1 aliphatic carbocycles. The third-order valence-corrected chi connectivity index (χ3v) is 5.48. The summed E-state index contributed by atoms with van der Waals surface area (Å²) in [7, 11) is 0. The van der Waals surface area contributed by atoms with Crippen molar-refractivity contribution in [3.8, 4) is 0 Å². The lowest BCUT2D eigenvalue weighted by Gasteiger charge is -2.32. The minimum absolute atomic E-state index is 0.108. The van der Waals surface area contributed by atoms with Crippen LogP contribution in [0.3, 0.4) is 0 Å². The molecule has 4 rings (SSSR count). The molecule has 28 heavy (non-hydrogen) atoms. The standard InChI is InChI=1S/C23H21NO4/c25-23(17-9-5-10-18(15-17)24(26)27)28-22-14-4-3-12-21(22)20-13-6-8-16-7-1-2-11-19(16)20/h1-2,5-11,13,15,21-22H,3-4,12,14H2/t21-,22-/m0/s1. The predicted octanol–water partition coefficient (Wildman–Crippen LogP) is 5.63. The number of hydrogen-bond acceptors (Lipinski definition) is 4. The summed E-state index contributed by atoms with van der Waals surface area (Å²) in [6.07, 6.45) is 3.63. The van der Waals surface area contributed by atoms with Crippen LogP contribution < -0.4 is 0 Å². The van der Waals surface area contributed by atoms with Gasteiger partial charge in [-0.25, -0.2) is 4.79 Å². The van der Waals surface area contributed by atoms with Gasteiger partial charge in [0.1, 0.15) is 6.10 Å². The second-order valence-electron chi connectivity index (χ2n) is 7.21. The predicted molar refractivity (Wildman–Crippen MR) is 107 cm³/mol. The normalized spacial score (nSPS) is 19.3. The van der Waals surface area contributed by atoms with Gasteiger partial charge >= 0.3 is 5.97 Å². The Morgan fingerprint density at radius 3 is 2.57 bits per heavy atom. The van der Waals surface area contributed by atoms with E-state index in [-0.39, 0.29) is 23.3 Å². The van der Waals surface area contributed by atoms with Crippen LogP contribution in [-0.4, -0.2) is 17.0 Å². The molecule has 3 aromatic carbocycles. The molecule has 2 atom stereocenters. The molecule has 0 aliphatic heterocycles. The van der Waals surface area contributed by atoms with Crippen LogP contribution in [-0.2, 0) is 4.74 Å². The van der Waals surface area contributed by atoms with Gasteiger partial charge in [0.15, 0.2) is 0 Å². The number of hydrogen-bond donors (Lipinski definition) is 0. The van der Waals surface area contributed by atoms with Crippen molar-refractivity contribution in [2.45, 2.75) is 37.7 Å². The Morgan fingerprint density at radius 1 is 0.964 bits per heavy atom. The monoisotopic (exact) mass is 375 g/mol. The number of carbonyl (C=O) groups is 1. The maximum absolute atomic E-state index is 12.7. The molecule has 0 amide bonds. The van der Waals surface area contributed by atoms with E-state index >= 15 is 0 Å². The number of carbonyl (C=O) groups excluding carboxylic acids is 1. The van der Waals surface area contributed by atoms with Crippen molar-refractivity contribution in [3.63, 3.8) is 0 Å². The molecule has 0 saturated heterocycles. The number of ether oxygens (including phenoxy) is 1. The first-order chi connectivity index (χ1) is 13.6. The summed E-state index contributed by atoms with van der Waals surface area (Å²) in [5.41, 5.74) is 1.31. The van der Waals surface area contributed by atoms with Crippen molar-refractivity contribution in [1.82, 2.24) is 0 Å². The van der Waals surface area contributed by atoms with Gasteiger partial charge in [-0.3, -0.25) is 10.1 Å². The van der Waals surface area contributed by atoms with E-state index in [0.717, 1.165) is 25.7 Å². The fourth-order valence-corrected chi connectivity index (χ4v) is 4.12. The Labute approximate surface area is 163 Å². The first-order valence-electron chi connectivity index (χ1n) is 9.56. The van der Waals surface area contributed by atoms with E-state index in [2.05, 4.69) is 24.3 Å². The molecule has 142 valence electrons. The summed E-state index contributed by atoms with van der Waals surface area (Å²) in [5, 5.41) is 13.3. The fraction of sp³-hybridized carbons (Fsp3) is 0.261. The third kappa shape index (κ3) is 3.60. The third-order valence-electron chi connectivity index (χ3n) is 5.48. The molecule has 0 aromatic heterocycles. The molecule has 0 N–H and O–H groups in total. The highest BCUT2D eigenvalue weighted by molar-refractivity contribution is 5.90. The van der Waals surface area contributed by atoms with E-state index in [1.54, 1.807) is 6.07 Å². The van der Waals surface area contributed by atoms with Gasteiger partial charge in [0.05, 0.1) is 10.5 Å². The molecule has 1 saturated carbocycles. The lowest BCUT2D eigenvalue weighted by molar-refractivity contribution is -0.384. The van der Waals surface area contributed by atoms with Crippen LogP contribution >= 0.6 is 0 Å². The number of nitro groups is 1.